The Hall–Kier alpha value is -1.20. The highest BCUT2D eigenvalue weighted by Gasteiger charge is 2.06. The molecule has 2 aromatic rings. The second kappa shape index (κ2) is 4.76. The van der Waals surface area contributed by atoms with Crippen LogP contribution in [0.3, 0.4) is 0 Å². The molecular formula is C11H10BrFN2O. The fraction of sp³-hybridized carbons (Fsp3) is 0.182. The van der Waals surface area contributed by atoms with Gasteiger partial charge in [-0.05, 0) is 27.6 Å². The van der Waals surface area contributed by atoms with Crippen LogP contribution in [0.15, 0.2) is 35.1 Å². The molecule has 0 aliphatic heterocycles. The lowest BCUT2D eigenvalue weighted by atomic mass is 10.2. The summed E-state index contributed by atoms with van der Waals surface area (Å²) < 4.78 is 15.3. The second-order valence-corrected chi connectivity index (χ2v) is 4.21. The zero-order valence-electron chi connectivity index (χ0n) is 8.40. The van der Waals surface area contributed by atoms with Gasteiger partial charge in [0.1, 0.15) is 5.82 Å². The number of benzene rings is 1. The zero-order chi connectivity index (χ0) is 11.5. The largest absolute Gasteiger partial charge is 0.392 e. The van der Waals surface area contributed by atoms with Gasteiger partial charge in [0.2, 0.25) is 0 Å². The molecule has 0 spiro atoms. The third kappa shape index (κ3) is 2.31. The van der Waals surface area contributed by atoms with Gasteiger partial charge in [-0.2, -0.15) is 5.10 Å². The number of hydrogen-bond donors (Lipinski definition) is 1. The Morgan fingerprint density at radius 3 is 2.94 bits per heavy atom. The van der Waals surface area contributed by atoms with Gasteiger partial charge >= 0.3 is 0 Å². The molecule has 0 bridgehead atoms. The average molecular weight is 285 g/mol. The number of aliphatic hydroxyl groups is 1. The smallest absolute Gasteiger partial charge is 0.137 e. The van der Waals surface area contributed by atoms with E-state index in [4.69, 9.17) is 5.11 Å². The summed E-state index contributed by atoms with van der Waals surface area (Å²) in [5.41, 5.74) is 1.56. The molecule has 3 nitrogen and oxygen atoms in total. The maximum Gasteiger partial charge on any atom is 0.137 e. The van der Waals surface area contributed by atoms with Crippen LogP contribution in [0.4, 0.5) is 4.39 Å². The van der Waals surface area contributed by atoms with Crippen molar-refractivity contribution in [3.05, 3.63) is 52.0 Å². The number of halogens is 2. The van der Waals surface area contributed by atoms with E-state index in [2.05, 4.69) is 21.0 Å². The van der Waals surface area contributed by atoms with Gasteiger partial charge in [-0.15, -0.1) is 0 Å². The molecule has 5 heteroatoms. The molecule has 1 aromatic heterocycles. The number of aliphatic hydroxyl groups excluding tert-OH is 1. The third-order valence-electron chi connectivity index (χ3n) is 2.23. The molecule has 0 saturated heterocycles. The fourth-order valence-electron chi connectivity index (χ4n) is 1.42. The maximum absolute atomic E-state index is 13.2. The Kier molecular flexibility index (Phi) is 3.36. The lowest BCUT2D eigenvalue weighted by molar-refractivity contribution is 0.281. The Bertz CT molecular complexity index is 498. The molecule has 2 rings (SSSR count). The van der Waals surface area contributed by atoms with Gasteiger partial charge in [-0.25, -0.2) is 4.39 Å². The molecule has 1 N–H and O–H groups in total. The van der Waals surface area contributed by atoms with Gasteiger partial charge in [0.25, 0.3) is 0 Å². The first-order chi connectivity index (χ1) is 7.70. The number of rotatable bonds is 3. The molecule has 0 amide bonds. The number of hydrogen-bond acceptors (Lipinski definition) is 2. The number of nitrogens with zero attached hydrogens (tertiary/aromatic N) is 2. The molecule has 0 fully saturated rings. The highest BCUT2D eigenvalue weighted by Crippen LogP contribution is 2.21. The minimum Gasteiger partial charge on any atom is -0.392 e. The van der Waals surface area contributed by atoms with E-state index in [1.54, 1.807) is 23.1 Å². The Balaban J connectivity index is 2.23. The Morgan fingerprint density at radius 2 is 2.25 bits per heavy atom. The summed E-state index contributed by atoms with van der Waals surface area (Å²) in [4.78, 5) is 0. The van der Waals surface area contributed by atoms with Crippen LogP contribution in [0.2, 0.25) is 0 Å². The molecule has 16 heavy (non-hydrogen) atoms. The van der Waals surface area contributed by atoms with E-state index in [9.17, 15) is 4.39 Å². The highest BCUT2D eigenvalue weighted by molar-refractivity contribution is 9.10. The van der Waals surface area contributed by atoms with E-state index in [0.717, 1.165) is 11.1 Å². The molecule has 84 valence electrons. The quantitative estimate of drug-likeness (QED) is 0.940. The fourth-order valence-corrected chi connectivity index (χ4v) is 1.81. The predicted octanol–water partition coefficient (Wildman–Crippen LogP) is 2.33. The SMILES string of the molecule is OCc1cnn(Cc2cccc(F)c2Br)c1. The van der Waals surface area contributed by atoms with Crippen molar-refractivity contribution in [1.29, 1.82) is 0 Å². The molecule has 1 aromatic carbocycles. The topological polar surface area (TPSA) is 38.1 Å². The molecule has 0 aliphatic carbocycles. The minimum atomic E-state index is -0.285. The van der Waals surface area contributed by atoms with Crippen molar-refractivity contribution < 1.29 is 9.50 Å². The Morgan fingerprint density at radius 1 is 1.44 bits per heavy atom. The van der Waals surface area contributed by atoms with Crippen LogP contribution in [0.1, 0.15) is 11.1 Å². The normalized spacial score (nSPS) is 10.7. The molecule has 0 atom stereocenters. The zero-order valence-corrected chi connectivity index (χ0v) is 9.98. The van der Waals surface area contributed by atoms with Crippen LogP contribution < -0.4 is 0 Å². The summed E-state index contributed by atoms with van der Waals surface area (Å²) in [7, 11) is 0. The standard InChI is InChI=1S/C11H10BrFN2O/c12-11-9(2-1-3-10(11)13)6-15-5-8(7-16)4-14-15/h1-5,16H,6-7H2. The van der Waals surface area contributed by atoms with Crippen molar-refractivity contribution >= 4 is 15.9 Å². The molecular weight excluding hydrogens is 275 g/mol. The van der Waals surface area contributed by atoms with Gasteiger partial charge in [0.05, 0.1) is 23.8 Å². The monoisotopic (exact) mass is 284 g/mol. The number of aromatic nitrogens is 2. The van der Waals surface area contributed by atoms with E-state index in [1.807, 2.05) is 6.07 Å². The molecule has 0 radical (unpaired) electrons. The first-order valence-electron chi connectivity index (χ1n) is 4.76. The van der Waals surface area contributed by atoms with Crippen molar-refractivity contribution in [3.8, 4) is 0 Å². The van der Waals surface area contributed by atoms with E-state index < -0.39 is 0 Å². The van der Waals surface area contributed by atoms with Crippen LogP contribution in [0, 0.1) is 5.82 Å². The first kappa shape index (κ1) is 11.3. The summed E-state index contributed by atoms with van der Waals surface area (Å²) >= 11 is 3.20. The Labute approximate surface area is 101 Å². The highest BCUT2D eigenvalue weighted by atomic mass is 79.9. The van der Waals surface area contributed by atoms with E-state index >= 15 is 0 Å². The van der Waals surface area contributed by atoms with Crippen molar-refractivity contribution in [2.45, 2.75) is 13.2 Å². The van der Waals surface area contributed by atoms with Crippen molar-refractivity contribution in [2.75, 3.05) is 0 Å². The van der Waals surface area contributed by atoms with Gasteiger partial charge < -0.3 is 5.11 Å². The van der Waals surface area contributed by atoms with Gasteiger partial charge in [0, 0.05) is 11.8 Å². The van der Waals surface area contributed by atoms with E-state index in [1.165, 1.54) is 6.07 Å². The molecule has 0 aliphatic rings. The van der Waals surface area contributed by atoms with Crippen molar-refractivity contribution in [1.82, 2.24) is 9.78 Å². The summed E-state index contributed by atoms with van der Waals surface area (Å²) in [5, 5.41) is 13.0. The summed E-state index contributed by atoms with van der Waals surface area (Å²) in [6.07, 6.45) is 3.32. The summed E-state index contributed by atoms with van der Waals surface area (Å²) in [6.45, 7) is 0.433. The average Bonchev–Trinajstić information content (AvgIpc) is 2.73. The molecule has 0 saturated carbocycles. The van der Waals surface area contributed by atoms with E-state index in [0.29, 0.717) is 11.0 Å². The van der Waals surface area contributed by atoms with Gasteiger partial charge in [0.15, 0.2) is 0 Å². The van der Waals surface area contributed by atoms with Crippen LogP contribution in [0.5, 0.6) is 0 Å². The molecule has 0 unspecified atom stereocenters. The maximum atomic E-state index is 13.2. The van der Waals surface area contributed by atoms with Crippen molar-refractivity contribution in [2.24, 2.45) is 0 Å². The summed E-state index contributed by atoms with van der Waals surface area (Å²) in [5.74, 6) is -0.285. The molecule has 1 heterocycles. The lowest BCUT2D eigenvalue weighted by Gasteiger charge is -2.05. The first-order valence-corrected chi connectivity index (χ1v) is 5.55. The van der Waals surface area contributed by atoms with Crippen molar-refractivity contribution in [3.63, 3.8) is 0 Å². The van der Waals surface area contributed by atoms with Gasteiger partial charge in [-0.1, -0.05) is 12.1 Å². The van der Waals surface area contributed by atoms with Crippen LogP contribution in [-0.4, -0.2) is 14.9 Å². The van der Waals surface area contributed by atoms with Crippen LogP contribution >= 0.6 is 15.9 Å². The minimum absolute atomic E-state index is 0.0374. The van der Waals surface area contributed by atoms with Gasteiger partial charge in [-0.3, -0.25) is 4.68 Å². The van der Waals surface area contributed by atoms with Crippen LogP contribution in [0.25, 0.3) is 0 Å². The second-order valence-electron chi connectivity index (χ2n) is 3.42. The van der Waals surface area contributed by atoms with Crippen LogP contribution in [-0.2, 0) is 13.2 Å². The van der Waals surface area contributed by atoms with E-state index in [-0.39, 0.29) is 12.4 Å². The summed E-state index contributed by atoms with van der Waals surface area (Å²) in [6, 6.07) is 4.88. The predicted molar refractivity (Wildman–Crippen MR) is 61.4 cm³/mol. The lowest BCUT2D eigenvalue weighted by Crippen LogP contribution is -2.01. The third-order valence-corrected chi connectivity index (χ3v) is 3.12.